The maximum absolute atomic E-state index is 11.6. The molecule has 4 nitrogen and oxygen atoms in total. The number of rotatable bonds is 7. The Bertz CT molecular complexity index is 582. The molecule has 1 aliphatic rings. The van der Waals surface area contributed by atoms with Crippen molar-refractivity contribution in [3.05, 3.63) is 22.5 Å². The van der Waals surface area contributed by atoms with Crippen molar-refractivity contribution in [2.75, 3.05) is 6.61 Å². The molecule has 0 amide bonds. The third-order valence-electron chi connectivity index (χ3n) is 4.13. The number of carbonyl (C=O) groups excluding carboxylic acids is 1. The number of aromatic nitrogens is 2. The van der Waals surface area contributed by atoms with Crippen LogP contribution in [0.15, 0.2) is 5.57 Å². The number of hydrogen-bond acceptors (Lipinski definition) is 3. The van der Waals surface area contributed by atoms with Crippen LogP contribution in [0.3, 0.4) is 0 Å². The number of Topliss-reactive ketones (excluding diaryl/α,β-unsaturated/α-hetero) is 1. The van der Waals surface area contributed by atoms with Gasteiger partial charge in [-0.1, -0.05) is 26.6 Å². The summed E-state index contributed by atoms with van der Waals surface area (Å²) in [5.41, 5.74) is 4.41. The van der Waals surface area contributed by atoms with Crippen LogP contribution in [-0.2, 0) is 29.1 Å². The molecule has 0 atom stereocenters. The van der Waals surface area contributed by atoms with Crippen LogP contribution in [0.2, 0.25) is 25.7 Å². The summed E-state index contributed by atoms with van der Waals surface area (Å²) >= 11 is 0. The lowest BCUT2D eigenvalue weighted by molar-refractivity contribution is -0.113. The highest BCUT2D eigenvalue weighted by atomic mass is 28.3. The molecule has 0 radical (unpaired) electrons. The van der Waals surface area contributed by atoms with E-state index in [0.717, 1.165) is 48.9 Å². The van der Waals surface area contributed by atoms with E-state index in [1.165, 1.54) is 5.56 Å². The van der Waals surface area contributed by atoms with Crippen LogP contribution in [0.25, 0.3) is 6.08 Å². The van der Waals surface area contributed by atoms with Gasteiger partial charge in [-0.05, 0) is 43.9 Å². The van der Waals surface area contributed by atoms with Gasteiger partial charge in [-0.3, -0.25) is 4.79 Å². The Hall–Kier alpha value is -1.20. The topological polar surface area (TPSA) is 44.1 Å². The Morgan fingerprint density at radius 1 is 1.36 bits per heavy atom. The molecule has 0 aliphatic heterocycles. The fourth-order valence-corrected chi connectivity index (χ4v) is 3.44. The molecule has 0 saturated heterocycles. The zero-order valence-corrected chi connectivity index (χ0v) is 15.5. The van der Waals surface area contributed by atoms with E-state index in [1.54, 1.807) is 6.92 Å². The van der Waals surface area contributed by atoms with Crippen LogP contribution >= 0.6 is 0 Å². The van der Waals surface area contributed by atoms with Gasteiger partial charge in [0.15, 0.2) is 5.78 Å². The maximum atomic E-state index is 11.6. The lowest BCUT2D eigenvalue weighted by Crippen LogP contribution is -2.22. The molecule has 1 heterocycles. The molecular weight excluding hydrogens is 292 g/mol. The summed E-state index contributed by atoms with van der Waals surface area (Å²) in [6.07, 6.45) is 4.68. The van der Waals surface area contributed by atoms with Crippen LogP contribution in [-0.4, -0.2) is 30.2 Å². The van der Waals surface area contributed by atoms with E-state index in [2.05, 4.69) is 31.7 Å². The van der Waals surface area contributed by atoms with Gasteiger partial charge < -0.3 is 4.74 Å². The zero-order chi connectivity index (χ0) is 16.3. The molecule has 0 spiro atoms. The number of fused-ring (bicyclic) bond motifs is 1. The standard InChI is InChI=1S/C17H28N2O2Si/c1-6-16-15-8-7-14(13(2)20)11-17(15)19(18-16)12-21-9-10-22(3,4)5/h11H,6-10,12H2,1-5H3. The molecule has 22 heavy (non-hydrogen) atoms. The van der Waals surface area contributed by atoms with E-state index in [-0.39, 0.29) is 5.78 Å². The second-order valence-corrected chi connectivity index (χ2v) is 12.9. The lowest BCUT2D eigenvalue weighted by Gasteiger charge is -2.16. The summed E-state index contributed by atoms with van der Waals surface area (Å²) in [6, 6.07) is 1.16. The van der Waals surface area contributed by atoms with E-state index in [0.29, 0.717) is 6.73 Å². The average Bonchev–Trinajstić information content (AvgIpc) is 2.80. The number of carbonyl (C=O) groups is 1. The number of ether oxygens (including phenoxy) is 1. The number of allylic oxidation sites excluding steroid dienone is 1. The molecule has 0 unspecified atom stereocenters. The van der Waals surface area contributed by atoms with Gasteiger partial charge in [0.1, 0.15) is 6.73 Å². The minimum atomic E-state index is -1.06. The number of ketones is 1. The summed E-state index contributed by atoms with van der Waals surface area (Å²) in [4.78, 5) is 11.6. The van der Waals surface area contributed by atoms with Crippen molar-refractivity contribution in [2.45, 2.75) is 65.5 Å². The van der Waals surface area contributed by atoms with Crippen LogP contribution < -0.4 is 0 Å². The van der Waals surface area contributed by atoms with Crippen molar-refractivity contribution in [3.63, 3.8) is 0 Å². The van der Waals surface area contributed by atoms with Gasteiger partial charge in [-0.15, -0.1) is 0 Å². The largest absolute Gasteiger partial charge is 0.360 e. The third kappa shape index (κ3) is 4.17. The first kappa shape index (κ1) is 17.2. The van der Waals surface area contributed by atoms with Crippen LogP contribution in [0, 0.1) is 0 Å². The van der Waals surface area contributed by atoms with Crippen molar-refractivity contribution in [1.29, 1.82) is 0 Å². The molecule has 1 aromatic rings. The van der Waals surface area contributed by atoms with Gasteiger partial charge in [-0.2, -0.15) is 5.10 Å². The lowest BCUT2D eigenvalue weighted by atomic mass is 9.93. The van der Waals surface area contributed by atoms with Gasteiger partial charge >= 0.3 is 0 Å². The van der Waals surface area contributed by atoms with Crippen LogP contribution in [0.1, 0.15) is 37.2 Å². The van der Waals surface area contributed by atoms with Crippen molar-refractivity contribution in [2.24, 2.45) is 0 Å². The van der Waals surface area contributed by atoms with Crippen LogP contribution in [0.4, 0.5) is 0 Å². The van der Waals surface area contributed by atoms with Crippen molar-refractivity contribution < 1.29 is 9.53 Å². The second-order valence-electron chi connectivity index (χ2n) is 7.24. The minimum absolute atomic E-state index is 0.163. The summed E-state index contributed by atoms with van der Waals surface area (Å²) in [5, 5.41) is 4.69. The van der Waals surface area contributed by atoms with E-state index in [1.807, 2.05) is 10.8 Å². The Morgan fingerprint density at radius 3 is 2.68 bits per heavy atom. The molecule has 5 heteroatoms. The molecule has 0 aromatic carbocycles. The summed E-state index contributed by atoms with van der Waals surface area (Å²) in [6.45, 7) is 12.1. The first-order valence-electron chi connectivity index (χ1n) is 8.19. The Labute approximate surface area is 134 Å². The summed E-state index contributed by atoms with van der Waals surface area (Å²) in [7, 11) is -1.06. The molecule has 1 aromatic heterocycles. The molecule has 0 fully saturated rings. The fraction of sp³-hybridized carbons (Fsp3) is 0.647. The number of hydrogen-bond donors (Lipinski definition) is 0. The maximum Gasteiger partial charge on any atom is 0.155 e. The molecular formula is C17H28N2O2Si. The van der Waals surface area contributed by atoms with Crippen molar-refractivity contribution in [3.8, 4) is 0 Å². The SMILES string of the molecule is CCc1nn(COCC[Si](C)(C)C)c2c1CCC(C(C)=O)=C2. The molecule has 0 bridgehead atoms. The van der Waals surface area contributed by atoms with E-state index >= 15 is 0 Å². The van der Waals surface area contributed by atoms with Gasteiger partial charge in [-0.25, -0.2) is 4.68 Å². The molecule has 0 saturated carbocycles. The number of nitrogens with zero attached hydrogens (tertiary/aromatic N) is 2. The Balaban J connectivity index is 2.13. The second kappa shape index (κ2) is 6.92. The van der Waals surface area contributed by atoms with Gasteiger partial charge in [0.2, 0.25) is 0 Å². The van der Waals surface area contributed by atoms with Gasteiger partial charge in [0.05, 0.1) is 11.4 Å². The first-order chi connectivity index (χ1) is 10.3. The monoisotopic (exact) mass is 320 g/mol. The van der Waals surface area contributed by atoms with Gasteiger partial charge in [0, 0.05) is 20.2 Å². The van der Waals surface area contributed by atoms with E-state index in [9.17, 15) is 4.79 Å². The summed E-state index contributed by atoms with van der Waals surface area (Å²) < 4.78 is 7.77. The Morgan fingerprint density at radius 2 is 2.09 bits per heavy atom. The molecule has 122 valence electrons. The predicted octanol–water partition coefficient (Wildman–Crippen LogP) is 3.68. The number of aryl methyl sites for hydroxylation is 1. The van der Waals surface area contributed by atoms with E-state index in [4.69, 9.17) is 4.74 Å². The van der Waals surface area contributed by atoms with Gasteiger partial charge in [0.25, 0.3) is 0 Å². The molecule has 0 N–H and O–H groups in total. The first-order valence-corrected chi connectivity index (χ1v) is 11.9. The highest BCUT2D eigenvalue weighted by Gasteiger charge is 2.21. The minimum Gasteiger partial charge on any atom is -0.360 e. The van der Waals surface area contributed by atoms with Crippen LogP contribution in [0.5, 0.6) is 0 Å². The quantitative estimate of drug-likeness (QED) is 0.568. The highest BCUT2D eigenvalue weighted by molar-refractivity contribution is 6.76. The smallest absolute Gasteiger partial charge is 0.155 e. The summed E-state index contributed by atoms with van der Waals surface area (Å²) in [5.74, 6) is 0.163. The predicted molar refractivity (Wildman–Crippen MR) is 92.7 cm³/mol. The Kier molecular flexibility index (Phi) is 5.39. The molecule has 1 aliphatic carbocycles. The third-order valence-corrected chi connectivity index (χ3v) is 5.83. The average molecular weight is 321 g/mol. The fourth-order valence-electron chi connectivity index (χ4n) is 2.68. The highest BCUT2D eigenvalue weighted by Crippen LogP contribution is 2.27. The normalized spacial score (nSPS) is 14.7. The zero-order valence-electron chi connectivity index (χ0n) is 14.5. The van der Waals surface area contributed by atoms with Crippen molar-refractivity contribution in [1.82, 2.24) is 9.78 Å². The molecule has 2 rings (SSSR count). The van der Waals surface area contributed by atoms with Crippen molar-refractivity contribution >= 4 is 19.9 Å². The van der Waals surface area contributed by atoms with E-state index < -0.39 is 8.07 Å².